The van der Waals surface area contributed by atoms with E-state index >= 15 is 0 Å². The SMILES string of the molecule is CN(C)C(=O)N(C)C1CCCN(c2ncnc3nc[nH]c23)C1. The first-order valence-electron chi connectivity index (χ1n) is 7.41. The number of likely N-dealkylation sites (N-methyl/N-ethyl adjacent to an activating group) is 1. The maximum atomic E-state index is 12.1. The molecule has 0 radical (unpaired) electrons. The van der Waals surface area contributed by atoms with Crippen LogP contribution in [0.25, 0.3) is 11.2 Å². The molecule has 3 heterocycles. The molecule has 0 bridgehead atoms. The second kappa shape index (κ2) is 5.78. The molecule has 0 saturated carbocycles. The first kappa shape index (κ1) is 14.6. The molecule has 118 valence electrons. The number of hydrogen-bond donors (Lipinski definition) is 1. The predicted octanol–water partition coefficient (Wildman–Crippen LogP) is 0.935. The molecule has 1 atom stereocenters. The topological polar surface area (TPSA) is 81.2 Å². The van der Waals surface area contributed by atoms with E-state index in [1.54, 1.807) is 25.3 Å². The number of H-pyrrole nitrogens is 1. The van der Waals surface area contributed by atoms with E-state index in [0.717, 1.165) is 37.3 Å². The monoisotopic (exact) mass is 303 g/mol. The van der Waals surface area contributed by atoms with Gasteiger partial charge in [0.1, 0.15) is 11.8 Å². The van der Waals surface area contributed by atoms with Crippen molar-refractivity contribution in [1.82, 2.24) is 29.7 Å². The number of aromatic amines is 1. The first-order chi connectivity index (χ1) is 10.6. The molecule has 1 saturated heterocycles. The van der Waals surface area contributed by atoms with Crippen LogP contribution >= 0.6 is 0 Å². The molecule has 0 aromatic carbocycles. The van der Waals surface area contributed by atoms with Gasteiger partial charge in [0.25, 0.3) is 0 Å². The average molecular weight is 303 g/mol. The quantitative estimate of drug-likeness (QED) is 0.893. The third kappa shape index (κ3) is 2.56. The summed E-state index contributed by atoms with van der Waals surface area (Å²) >= 11 is 0. The number of aromatic nitrogens is 4. The van der Waals surface area contributed by atoms with Crippen molar-refractivity contribution < 1.29 is 4.79 Å². The van der Waals surface area contributed by atoms with Crippen molar-refractivity contribution in [1.29, 1.82) is 0 Å². The Hall–Kier alpha value is -2.38. The predicted molar refractivity (Wildman–Crippen MR) is 83.8 cm³/mol. The Balaban J connectivity index is 1.81. The van der Waals surface area contributed by atoms with Crippen LogP contribution in [-0.4, -0.2) is 76.0 Å². The minimum absolute atomic E-state index is 0.0289. The van der Waals surface area contributed by atoms with E-state index in [4.69, 9.17) is 0 Å². The number of fused-ring (bicyclic) bond motifs is 1. The highest BCUT2D eigenvalue weighted by Gasteiger charge is 2.28. The van der Waals surface area contributed by atoms with Crippen LogP contribution in [0.1, 0.15) is 12.8 Å². The Morgan fingerprint density at radius 1 is 1.32 bits per heavy atom. The van der Waals surface area contributed by atoms with Gasteiger partial charge in [-0.1, -0.05) is 0 Å². The van der Waals surface area contributed by atoms with E-state index < -0.39 is 0 Å². The van der Waals surface area contributed by atoms with Crippen LogP contribution in [-0.2, 0) is 0 Å². The highest BCUT2D eigenvalue weighted by atomic mass is 16.2. The minimum Gasteiger partial charge on any atom is -0.353 e. The number of hydrogen-bond acceptors (Lipinski definition) is 5. The summed E-state index contributed by atoms with van der Waals surface area (Å²) in [6.07, 6.45) is 5.20. The fourth-order valence-electron chi connectivity index (χ4n) is 2.93. The lowest BCUT2D eigenvalue weighted by Gasteiger charge is -2.39. The largest absolute Gasteiger partial charge is 0.353 e. The van der Waals surface area contributed by atoms with Gasteiger partial charge in [0.2, 0.25) is 0 Å². The molecule has 2 aromatic rings. The molecule has 1 fully saturated rings. The van der Waals surface area contributed by atoms with Crippen LogP contribution in [0.2, 0.25) is 0 Å². The molecular weight excluding hydrogens is 282 g/mol. The number of amides is 2. The molecule has 22 heavy (non-hydrogen) atoms. The Morgan fingerprint density at radius 3 is 2.91 bits per heavy atom. The van der Waals surface area contributed by atoms with Crippen LogP contribution in [0.4, 0.5) is 10.6 Å². The summed E-state index contributed by atoms with van der Waals surface area (Å²) in [7, 11) is 5.41. The van der Waals surface area contributed by atoms with Gasteiger partial charge in [0, 0.05) is 34.2 Å². The van der Waals surface area contributed by atoms with Gasteiger partial charge < -0.3 is 19.7 Å². The second-order valence-electron chi connectivity index (χ2n) is 5.83. The molecule has 8 nitrogen and oxygen atoms in total. The van der Waals surface area contributed by atoms with Crippen molar-refractivity contribution in [3.05, 3.63) is 12.7 Å². The molecule has 2 amide bonds. The summed E-state index contributed by atoms with van der Waals surface area (Å²) in [6.45, 7) is 1.69. The van der Waals surface area contributed by atoms with Gasteiger partial charge in [-0.05, 0) is 12.8 Å². The van der Waals surface area contributed by atoms with Gasteiger partial charge in [-0.3, -0.25) is 0 Å². The lowest BCUT2D eigenvalue weighted by molar-refractivity contribution is 0.157. The third-order valence-electron chi connectivity index (χ3n) is 4.13. The summed E-state index contributed by atoms with van der Waals surface area (Å²) in [5.74, 6) is 0.859. The van der Waals surface area contributed by atoms with E-state index in [0.29, 0.717) is 5.65 Å². The summed E-state index contributed by atoms with van der Waals surface area (Å²) < 4.78 is 0. The van der Waals surface area contributed by atoms with E-state index in [2.05, 4.69) is 24.8 Å². The lowest BCUT2D eigenvalue weighted by atomic mass is 10.0. The summed E-state index contributed by atoms with van der Waals surface area (Å²) in [4.78, 5) is 33.6. The van der Waals surface area contributed by atoms with Crippen molar-refractivity contribution >= 4 is 23.0 Å². The number of anilines is 1. The molecule has 1 aliphatic rings. The maximum Gasteiger partial charge on any atom is 0.319 e. The number of carbonyl (C=O) groups is 1. The van der Waals surface area contributed by atoms with Gasteiger partial charge in [0.05, 0.1) is 12.4 Å². The highest BCUT2D eigenvalue weighted by Crippen LogP contribution is 2.25. The molecule has 0 aliphatic carbocycles. The van der Waals surface area contributed by atoms with Crippen molar-refractivity contribution in [3.8, 4) is 0 Å². The van der Waals surface area contributed by atoms with Crippen LogP contribution in [0, 0.1) is 0 Å². The number of rotatable bonds is 2. The molecule has 8 heteroatoms. The summed E-state index contributed by atoms with van der Waals surface area (Å²) in [5.41, 5.74) is 1.52. The number of piperidine rings is 1. The van der Waals surface area contributed by atoms with Gasteiger partial charge in [0.15, 0.2) is 11.5 Å². The number of urea groups is 1. The van der Waals surface area contributed by atoms with Crippen LogP contribution in [0.5, 0.6) is 0 Å². The van der Waals surface area contributed by atoms with E-state index in [1.165, 1.54) is 6.33 Å². The molecule has 1 aliphatic heterocycles. The Bertz CT molecular complexity index is 668. The van der Waals surface area contributed by atoms with Gasteiger partial charge in [-0.2, -0.15) is 0 Å². The molecule has 1 unspecified atom stereocenters. The summed E-state index contributed by atoms with van der Waals surface area (Å²) in [5, 5.41) is 0. The standard InChI is InChI=1S/C14H21N7O/c1-19(2)14(22)20(3)10-5-4-6-21(7-10)13-11-12(16-8-15-11)17-9-18-13/h8-10H,4-7H2,1-3H3,(H,15,16,17,18). The number of carbonyl (C=O) groups excluding carboxylic acids is 1. The maximum absolute atomic E-state index is 12.1. The first-order valence-corrected chi connectivity index (χ1v) is 7.41. The van der Waals surface area contributed by atoms with Gasteiger partial charge >= 0.3 is 6.03 Å². The highest BCUT2D eigenvalue weighted by molar-refractivity contribution is 5.82. The van der Waals surface area contributed by atoms with Gasteiger partial charge in [-0.15, -0.1) is 0 Å². The smallest absolute Gasteiger partial charge is 0.319 e. The molecule has 0 spiro atoms. The van der Waals surface area contributed by atoms with Crippen LogP contribution in [0.15, 0.2) is 12.7 Å². The molecule has 2 aromatic heterocycles. The van der Waals surface area contributed by atoms with E-state index in [9.17, 15) is 4.79 Å². The van der Waals surface area contributed by atoms with Crippen LogP contribution in [0.3, 0.4) is 0 Å². The fourth-order valence-corrected chi connectivity index (χ4v) is 2.93. The molecule has 1 N–H and O–H groups in total. The Labute approximate surface area is 129 Å². The second-order valence-corrected chi connectivity index (χ2v) is 5.83. The average Bonchev–Trinajstić information content (AvgIpc) is 3.02. The van der Waals surface area contributed by atoms with Crippen molar-refractivity contribution in [3.63, 3.8) is 0 Å². The minimum atomic E-state index is 0.0289. The van der Waals surface area contributed by atoms with E-state index in [-0.39, 0.29) is 12.1 Å². The van der Waals surface area contributed by atoms with Crippen molar-refractivity contribution in [2.45, 2.75) is 18.9 Å². The lowest BCUT2D eigenvalue weighted by Crippen LogP contribution is -2.51. The van der Waals surface area contributed by atoms with Gasteiger partial charge in [-0.25, -0.2) is 19.7 Å². The summed E-state index contributed by atoms with van der Waals surface area (Å²) in [6, 6.07) is 0.206. The zero-order valence-electron chi connectivity index (χ0n) is 13.2. The molecular formula is C14H21N7O. The zero-order chi connectivity index (χ0) is 15.7. The normalized spacial score (nSPS) is 18.5. The zero-order valence-corrected chi connectivity index (χ0v) is 13.2. The van der Waals surface area contributed by atoms with Crippen LogP contribution < -0.4 is 4.90 Å². The van der Waals surface area contributed by atoms with E-state index in [1.807, 2.05) is 11.9 Å². The molecule has 3 rings (SSSR count). The number of nitrogens with zero attached hydrogens (tertiary/aromatic N) is 6. The Morgan fingerprint density at radius 2 is 2.14 bits per heavy atom. The van der Waals surface area contributed by atoms with Crippen molar-refractivity contribution in [2.24, 2.45) is 0 Å². The third-order valence-corrected chi connectivity index (χ3v) is 4.13. The number of imidazole rings is 1. The number of nitrogens with one attached hydrogen (secondary N) is 1. The Kier molecular flexibility index (Phi) is 3.82. The van der Waals surface area contributed by atoms with Crippen molar-refractivity contribution in [2.75, 3.05) is 39.1 Å². The fraction of sp³-hybridized carbons (Fsp3) is 0.571.